The first kappa shape index (κ1) is 19.2. The molecule has 2 aromatic heterocycles. The van der Waals surface area contributed by atoms with E-state index in [9.17, 15) is 22.4 Å². The summed E-state index contributed by atoms with van der Waals surface area (Å²) in [6.07, 6.45) is -2.11. The summed E-state index contributed by atoms with van der Waals surface area (Å²) in [5.74, 6) is -1.72. The molecule has 152 valence electrons. The molecule has 0 saturated heterocycles. The number of rotatable bonds is 4. The lowest BCUT2D eigenvalue weighted by atomic mass is 10.2. The zero-order valence-electron chi connectivity index (χ0n) is 14.9. The molecule has 12 heteroatoms. The van der Waals surface area contributed by atoms with Crippen LogP contribution in [0, 0.1) is 5.82 Å². The van der Waals surface area contributed by atoms with Crippen LogP contribution in [0.2, 0.25) is 0 Å². The fraction of sp³-hybridized carbons (Fsp3) is 0.0556. The summed E-state index contributed by atoms with van der Waals surface area (Å²) in [5, 5.41) is 13.1. The lowest BCUT2D eigenvalue weighted by molar-refractivity contribution is -0.143. The fourth-order valence-electron chi connectivity index (χ4n) is 2.68. The summed E-state index contributed by atoms with van der Waals surface area (Å²) in [4.78, 5) is 16.3. The van der Waals surface area contributed by atoms with Crippen LogP contribution in [0.15, 0.2) is 61.2 Å². The number of nitrogens with zero attached hydrogens (tertiary/aromatic N) is 6. The molecule has 0 fully saturated rings. The lowest BCUT2D eigenvalue weighted by Gasteiger charge is -2.11. The van der Waals surface area contributed by atoms with Gasteiger partial charge in [-0.3, -0.25) is 4.79 Å². The van der Waals surface area contributed by atoms with E-state index in [-0.39, 0.29) is 11.4 Å². The van der Waals surface area contributed by atoms with Gasteiger partial charge < -0.3 is 5.32 Å². The lowest BCUT2D eigenvalue weighted by Crippen LogP contribution is -2.21. The monoisotopic (exact) mass is 417 g/mol. The van der Waals surface area contributed by atoms with E-state index in [2.05, 4.69) is 25.7 Å². The maximum absolute atomic E-state index is 13.6. The van der Waals surface area contributed by atoms with E-state index in [0.717, 1.165) is 24.3 Å². The molecule has 0 saturated carbocycles. The van der Waals surface area contributed by atoms with Gasteiger partial charge in [-0.1, -0.05) is 5.21 Å². The molecular formula is C18H11F4N7O. The van der Waals surface area contributed by atoms with Gasteiger partial charge in [0.2, 0.25) is 0 Å². The number of benzene rings is 2. The molecule has 4 rings (SSSR count). The Balaban J connectivity index is 1.63. The number of carbonyl (C=O) groups excluding carboxylic acids is 1. The van der Waals surface area contributed by atoms with Crippen molar-refractivity contribution in [2.24, 2.45) is 0 Å². The molecule has 0 bridgehead atoms. The topological polar surface area (TPSA) is 90.5 Å². The molecule has 2 aromatic carbocycles. The Bertz CT molecular complexity index is 1170. The van der Waals surface area contributed by atoms with E-state index in [1.54, 1.807) is 12.1 Å². The Labute approximate surface area is 165 Å². The number of aromatic nitrogens is 6. The molecule has 1 amide bonds. The van der Waals surface area contributed by atoms with Crippen molar-refractivity contribution in [2.75, 3.05) is 5.32 Å². The van der Waals surface area contributed by atoms with E-state index < -0.39 is 29.3 Å². The van der Waals surface area contributed by atoms with Crippen LogP contribution < -0.4 is 5.32 Å². The maximum atomic E-state index is 13.6. The predicted molar refractivity (Wildman–Crippen MR) is 95.6 cm³/mol. The molecule has 30 heavy (non-hydrogen) atoms. The smallest absolute Gasteiger partial charge is 0.321 e. The highest BCUT2D eigenvalue weighted by atomic mass is 19.4. The number of hydrogen-bond acceptors (Lipinski definition) is 5. The minimum absolute atomic E-state index is 0.0903. The highest BCUT2D eigenvalue weighted by molar-refractivity contribution is 6.03. The number of hydrogen-bond donors (Lipinski definition) is 1. The summed E-state index contributed by atoms with van der Waals surface area (Å²) in [6.45, 7) is 0. The first-order valence-corrected chi connectivity index (χ1v) is 8.38. The van der Waals surface area contributed by atoms with Gasteiger partial charge in [0.05, 0.1) is 11.4 Å². The maximum Gasteiger partial charge on any atom is 0.435 e. The molecule has 1 N–H and O–H groups in total. The van der Waals surface area contributed by atoms with Crippen molar-refractivity contribution < 1.29 is 22.4 Å². The predicted octanol–water partition coefficient (Wildman–Crippen LogP) is 3.26. The number of anilines is 1. The third-order valence-electron chi connectivity index (χ3n) is 4.03. The standard InChI is InChI=1S/C18H11F4N7O/c19-11-1-5-14(6-2-11)29-16(18(20,21)22)15(26-27-29)17(30)25-12-3-7-13(8-4-12)28-10-23-9-24-28/h1-10H,(H,25,30). The van der Waals surface area contributed by atoms with Crippen molar-refractivity contribution in [1.29, 1.82) is 0 Å². The Kier molecular flexibility index (Phi) is 4.74. The number of halogens is 4. The minimum atomic E-state index is -4.93. The van der Waals surface area contributed by atoms with E-state index in [1.807, 2.05) is 0 Å². The fourth-order valence-corrected chi connectivity index (χ4v) is 2.68. The molecule has 8 nitrogen and oxygen atoms in total. The summed E-state index contributed by atoms with van der Waals surface area (Å²) in [5.41, 5.74) is -1.48. The third-order valence-corrected chi connectivity index (χ3v) is 4.03. The van der Waals surface area contributed by atoms with Gasteiger partial charge >= 0.3 is 6.18 Å². The van der Waals surface area contributed by atoms with Crippen LogP contribution >= 0.6 is 0 Å². The van der Waals surface area contributed by atoms with Crippen LogP contribution in [0.3, 0.4) is 0 Å². The third kappa shape index (κ3) is 3.74. The first-order valence-electron chi connectivity index (χ1n) is 8.38. The van der Waals surface area contributed by atoms with Crippen LogP contribution in [0.1, 0.15) is 16.2 Å². The summed E-state index contributed by atoms with van der Waals surface area (Å²) in [7, 11) is 0. The largest absolute Gasteiger partial charge is 0.435 e. The van der Waals surface area contributed by atoms with E-state index >= 15 is 0 Å². The number of carbonyl (C=O) groups is 1. The molecular weight excluding hydrogens is 406 g/mol. The summed E-state index contributed by atoms with van der Waals surface area (Å²) >= 11 is 0. The van der Waals surface area contributed by atoms with Gasteiger partial charge in [0.25, 0.3) is 5.91 Å². The second kappa shape index (κ2) is 7.39. The van der Waals surface area contributed by atoms with E-state index in [1.165, 1.54) is 29.5 Å². The Morgan fingerprint density at radius 3 is 2.23 bits per heavy atom. The minimum Gasteiger partial charge on any atom is -0.321 e. The molecule has 0 aliphatic carbocycles. The molecule has 0 unspecified atom stereocenters. The van der Waals surface area contributed by atoms with Crippen LogP contribution in [-0.2, 0) is 6.18 Å². The SMILES string of the molecule is O=C(Nc1ccc(-n2cncn2)cc1)c1nnn(-c2ccc(F)cc2)c1C(F)(F)F. The molecule has 0 aliphatic rings. The average Bonchev–Trinajstić information content (AvgIpc) is 3.39. The van der Waals surface area contributed by atoms with E-state index in [4.69, 9.17) is 0 Å². The van der Waals surface area contributed by atoms with Crippen LogP contribution in [0.25, 0.3) is 11.4 Å². The van der Waals surface area contributed by atoms with Gasteiger partial charge in [-0.2, -0.15) is 18.3 Å². The second-order valence-corrected chi connectivity index (χ2v) is 6.01. The molecule has 0 atom stereocenters. The van der Waals surface area contributed by atoms with Gasteiger partial charge in [0.15, 0.2) is 11.4 Å². The normalized spacial score (nSPS) is 11.5. The van der Waals surface area contributed by atoms with Gasteiger partial charge in [-0.15, -0.1) is 5.10 Å². The molecule has 0 aliphatic heterocycles. The molecule has 4 aromatic rings. The summed E-state index contributed by atoms with van der Waals surface area (Å²) in [6, 6.07) is 10.3. The van der Waals surface area contributed by atoms with Crippen molar-refractivity contribution in [2.45, 2.75) is 6.18 Å². The number of amides is 1. The van der Waals surface area contributed by atoms with Crippen LogP contribution in [0.5, 0.6) is 0 Å². The highest BCUT2D eigenvalue weighted by Crippen LogP contribution is 2.33. The van der Waals surface area contributed by atoms with Crippen molar-refractivity contribution in [3.63, 3.8) is 0 Å². The van der Waals surface area contributed by atoms with Gasteiger partial charge in [-0.25, -0.2) is 18.7 Å². The van der Waals surface area contributed by atoms with Crippen molar-refractivity contribution in [3.8, 4) is 11.4 Å². The summed E-state index contributed by atoms with van der Waals surface area (Å²) < 4.78 is 55.9. The molecule has 0 radical (unpaired) electrons. The average molecular weight is 417 g/mol. The first-order chi connectivity index (χ1) is 14.3. The molecule has 2 heterocycles. The zero-order chi connectivity index (χ0) is 21.3. The van der Waals surface area contributed by atoms with Crippen LogP contribution in [0.4, 0.5) is 23.2 Å². The molecule has 0 spiro atoms. The van der Waals surface area contributed by atoms with Gasteiger partial charge in [0.1, 0.15) is 18.5 Å². The number of nitrogens with one attached hydrogen (secondary N) is 1. The van der Waals surface area contributed by atoms with Gasteiger partial charge in [0, 0.05) is 5.69 Å². The zero-order valence-corrected chi connectivity index (χ0v) is 14.9. The number of alkyl halides is 3. The Hall–Kier alpha value is -4.09. The van der Waals surface area contributed by atoms with Crippen molar-refractivity contribution in [1.82, 2.24) is 29.8 Å². The Morgan fingerprint density at radius 2 is 1.63 bits per heavy atom. The van der Waals surface area contributed by atoms with Gasteiger partial charge in [-0.05, 0) is 48.5 Å². The highest BCUT2D eigenvalue weighted by Gasteiger charge is 2.42. The van der Waals surface area contributed by atoms with Crippen molar-refractivity contribution >= 4 is 11.6 Å². The van der Waals surface area contributed by atoms with Crippen molar-refractivity contribution in [3.05, 3.63) is 78.4 Å². The Morgan fingerprint density at radius 1 is 0.967 bits per heavy atom. The second-order valence-electron chi connectivity index (χ2n) is 6.01. The quantitative estimate of drug-likeness (QED) is 0.515. The van der Waals surface area contributed by atoms with Crippen LogP contribution in [-0.4, -0.2) is 35.7 Å². The van der Waals surface area contributed by atoms with E-state index in [0.29, 0.717) is 10.4 Å².